The monoisotopic (exact) mass is 347 g/mol. The molecular weight excluding hydrogens is 322 g/mol. The number of carbonyl (C=O) groups is 1. The molecule has 1 aliphatic heterocycles. The summed E-state index contributed by atoms with van der Waals surface area (Å²) in [6.45, 7) is 2.03. The van der Waals surface area contributed by atoms with Crippen molar-refractivity contribution in [1.29, 1.82) is 0 Å². The molecule has 4 rings (SSSR count). The minimum atomic E-state index is -1.37. The van der Waals surface area contributed by atoms with Gasteiger partial charge in [0.2, 0.25) is 0 Å². The van der Waals surface area contributed by atoms with Crippen LogP contribution >= 0.6 is 0 Å². The van der Waals surface area contributed by atoms with Gasteiger partial charge in [0.1, 0.15) is 0 Å². The number of nitrogens with zero attached hydrogens (tertiary/aromatic N) is 1. The number of aryl methyl sites for hydroxylation is 1. The molecule has 0 bridgehead atoms. The van der Waals surface area contributed by atoms with Gasteiger partial charge in [0.15, 0.2) is 5.72 Å². The summed E-state index contributed by atoms with van der Waals surface area (Å²) in [4.78, 5) is 15.1. The van der Waals surface area contributed by atoms with Crippen molar-refractivity contribution in [2.45, 2.75) is 50.8 Å². The molecule has 1 atom stereocenters. The first-order valence-corrected chi connectivity index (χ1v) is 9.51. The van der Waals surface area contributed by atoms with E-state index in [1.807, 2.05) is 61.5 Å². The summed E-state index contributed by atoms with van der Waals surface area (Å²) in [6, 6.07) is 17.6. The van der Waals surface area contributed by atoms with E-state index in [1.54, 1.807) is 11.0 Å². The molecule has 1 heterocycles. The number of aliphatic hydroxyl groups is 1. The van der Waals surface area contributed by atoms with Gasteiger partial charge in [-0.3, -0.25) is 9.69 Å². The Morgan fingerprint density at radius 3 is 2.27 bits per heavy atom. The predicted octanol–water partition coefficient (Wildman–Crippen LogP) is 4.40. The molecule has 3 nitrogen and oxygen atoms in total. The quantitative estimate of drug-likeness (QED) is 0.894. The lowest BCUT2D eigenvalue weighted by molar-refractivity contribution is -0.150. The number of carbonyl (C=O) groups excluding carboxylic acids is 1. The van der Waals surface area contributed by atoms with E-state index in [0.717, 1.165) is 42.4 Å². The molecule has 2 aliphatic rings. The van der Waals surface area contributed by atoms with Crippen LogP contribution in [0.5, 0.6) is 0 Å². The van der Waals surface area contributed by atoms with Crippen molar-refractivity contribution in [2.75, 3.05) is 0 Å². The van der Waals surface area contributed by atoms with Crippen LogP contribution in [0.4, 0.5) is 0 Å². The van der Waals surface area contributed by atoms with E-state index in [9.17, 15) is 9.90 Å². The third-order valence-electron chi connectivity index (χ3n) is 5.66. The zero-order valence-corrected chi connectivity index (χ0v) is 15.2. The van der Waals surface area contributed by atoms with Crippen LogP contribution in [0.15, 0.2) is 60.7 Å². The zero-order chi connectivity index (χ0) is 18.1. The van der Waals surface area contributed by atoms with Gasteiger partial charge in [0.25, 0.3) is 5.91 Å². The molecule has 3 heteroatoms. The number of hydrogen-bond acceptors (Lipinski definition) is 2. The maximum Gasteiger partial charge on any atom is 0.257 e. The normalized spacial score (nSPS) is 24.0. The third kappa shape index (κ3) is 2.86. The fraction of sp³-hybridized carbons (Fsp3) is 0.348. The molecule has 134 valence electrons. The van der Waals surface area contributed by atoms with E-state index in [1.165, 1.54) is 6.42 Å². The van der Waals surface area contributed by atoms with Gasteiger partial charge in [-0.05, 0) is 31.4 Å². The van der Waals surface area contributed by atoms with Gasteiger partial charge in [-0.2, -0.15) is 0 Å². The van der Waals surface area contributed by atoms with Gasteiger partial charge in [-0.1, -0.05) is 79.4 Å². The Balaban J connectivity index is 1.80. The first-order valence-electron chi connectivity index (χ1n) is 9.51. The molecule has 1 aliphatic carbocycles. The predicted molar refractivity (Wildman–Crippen MR) is 103 cm³/mol. The lowest BCUT2D eigenvalue weighted by atomic mass is 9.91. The van der Waals surface area contributed by atoms with Crippen LogP contribution < -0.4 is 0 Å². The van der Waals surface area contributed by atoms with Crippen molar-refractivity contribution in [3.05, 3.63) is 77.4 Å². The molecule has 0 spiro atoms. The summed E-state index contributed by atoms with van der Waals surface area (Å²) in [5.41, 5.74) is 2.00. The Morgan fingerprint density at radius 1 is 0.962 bits per heavy atom. The first kappa shape index (κ1) is 17.0. The molecule has 0 aromatic heterocycles. The average Bonchev–Trinajstić information content (AvgIpc) is 2.96. The van der Waals surface area contributed by atoms with Gasteiger partial charge in [-0.15, -0.1) is 0 Å². The van der Waals surface area contributed by atoms with Gasteiger partial charge in [0.05, 0.1) is 0 Å². The van der Waals surface area contributed by atoms with Crippen molar-refractivity contribution >= 4 is 11.5 Å². The van der Waals surface area contributed by atoms with Crippen LogP contribution in [-0.4, -0.2) is 22.0 Å². The molecular formula is C23H25NO2. The Labute approximate surface area is 155 Å². The fourth-order valence-corrected chi connectivity index (χ4v) is 4.25. The maximum atomic E-state index is 13.4. The van der Waals surface area contributed by atoms with E-state index < -0.39 is 5.72 Å². The highest BCUT2D eigenvalue weighted by atomic mass is 16.3. The Kier molecular flexibility index (Phi) is 4.41. The summed E-state index contributed by atoms with van der Waals surface area (Å²) in [5, 5.41) is 11.7. The van der Waals surface area contributed by atoms with Crippen LogP contribution in [0.3, 0.4) is 0 Å². The van der Waals surface area contributed by atoms with Crippen molar-refractivity contribution in [3.8, 4) is 0 Å². The lowest BCUT2D eigenvalue weighted by Gasteiger charge is -2.41. The maximum absolute atomic E-state index is 13.4. The second-order valence-corrected chi connectivity index (χ2v) is 7.48. The van der Waals surface area contributed by atoms with Crippen molar-refractivity contribution in [1.82, 2.24) is 4.90 Å². The third-order valence-corrected chi connectivity index (χ3v) is 5.66. The highest BCUT2D eigenvalue weighted by Crippen LogP contribution is 2.43. The van der Waals surface area contributed by atoms with Crippen LogP contribution in [0.1, 0.15) is 48.8 Å². The summed E-state index contributed by atoms with van der Waals surface area (Å²) in [6.07, 6.45) is 7.09. The molecule has 2 aromatic rings. The summed E-state index contributed by atoms with van der Waals surface area (Å²) in [7, 11) is 0. The second-order valence-electron chi connectivity index (χ2n) is 7.48. The summed E-state index contributed by atoms with van der Waals surface area (Å²) >= 11 is 0. The van der Waals surface area contributed by atoms with Crippen molar-refractivity contribution < 1.29 is 9.90 Å². The largest absolute Gasteiger partial charge is 0.363 e. The molecule has 1 fully saturated rings. The van der Waals surface area contributed by atoms with Crippen molar-refractivity contribution in [2.24, 2.45) is 0 Å². The minimum absolute atomic E-state index is 0.0629. The van der Waals surface area contributed by atoms with Crippen LogP contribution in [0.25, 0.3) is 5.57 Å². The van der Waals surface area contributed by atoms with E-state index in [-0.39, 0.29) is 11.9 Å². The Morgan fingerprint density at radius 2 is 1.62 bits per heavy atom. The number of amides is 1. The minimum Gasteiger partial charge on any atom is -0.363 e. The van der Waals surface area contributed by atoms with Gasteiger partial charge in [-0.25, -0.2) is 0 Å². The molecule has 1 unspecified atom stereocenters. The number of rotatable bonds is 3. The van der Waals surface area contributed by atoms with Gasteiger partial charge in [0, 0.05) is 17.2 Å². The molecule has 1 amide bonds. The number of benzene rings is 2. The van der Waals surface area contributed by atoms with Crippen LogP contribution in [0.2, 0.25) is 0 Å². The van der Waals surface area contributed by atoms with E-state index in [4.69, 9.17) is 0 Å². The van der Waals surface area contributed by atoms with Gasteiger partial charge >= 0.3 is 0 Å². The SMILES string of the molecule is Cc1ccc(C2=CC(O)(c3ccccc3)N(C3CCCCC3)C2=O)cc1. The van der Waals surface area contributed by atoms with Crippen molar-refractivity contribution in [3.63, 3.8) is 0 Å². The lowest BCUT2D eigenvalue weighted by Crippen LogP contribution is -2.50. The highest BCUT2D eigenvalue weighted by molar-refractivity contribution is 6.22. The molecule has 1 N–H and O–H groups in total. The topological polar surface area (TPSA) is 40.5 Å². The molecule has 1 saturated carbocycles. The van der Waals surface area contributed by atoms with E-state index >= 15 is 0 Å². The molecule has 0 saturated heterocycles. The highest BCUT2D eigenvalue weighted by Gasteiger charge is 2.48. The molecule has 26 heavy (non-hydrogen) atoms. The smallest absolute Gasteiger partial charge is 0.257 e. The van der Waals surface area contributed by atoms with Crippen LogP contribution in [0, 0.1) is 6.92 Å². The second kappa shape index (κ2) is 6.73. The van der Waals surface area contributed by atoms with E-state index in [2.05, 4.69) is 0 Å². The summed E-state index contributed by atoms with van der Waals surface area (Å²) < 4.78 is 0. The fourth-order valence-electron chi connectivity index (χ4n) is 4.25. The molecule has 0 radical (unpaired) electrons. The Bertz CT molecular complexity index is 819. The number of hydrogen-bond donors (Lipinski definition) is 1. The van der Waals surface area contributed by atoms with Gasteiger partial charge < -0.3 is 5.11 Å². The standard InChI is InChI=1S/C23H25NO2/c1-17-12-14-18(15-13-17)21-16-23(26,19-8-4-2-5-9-19)24(22(21)25)20-10-6-3-7-11-20/h2,4-5,8-9,12-16,20,26H,3,6-7,10-11H2,1H3. The summed E-state index contributed by atoms with van der Waals surface area (Å²) in [5.74, 6) is -0.0629. The zero-order valence-electron chi connectivity index (χ0n) is 15.2. The molecule has 2 aromatic carbocycles. The van der Waals surface area contributed by atoms with E-state index in [0.29, 0.717) is 5.57 Å². The first-order chi connectivity index (χ1) is 12.6. The average molecular weight is 347 g/mol. The Hall–Kier alpha value is -2.39. The van der Waals surface area contributed by atoms with Crippen LogP contribution in [-0.2, 0) is 10.5 Å².